The first-order valence-corrected chi connectivity index (χ1v) is 5.56. The third-order valence-electron chi connectivity index (χ3n) is 1.57. The van der Waals surface area contributed by atoms with Gasteiger partial charge in [0.05, 0.1) is 13.7 Å². The van der Waals surface area contributed by atoms with Crippen LogP contribution in [0, 0.1) is 0 Å². The number of carbonyl (C=O) groups excluding carboxylic acids is 1. The lowest BCUT2D eigenvalue weighted by Gasteiger charge is -2.11. The molecule has 0 aliphatic carbocycles. The molecule has 0 bridgehead atoms. The zero-order valence-electron chi connectivity index (χ0n) is 8.30. The average molecular weight is 240 g/mol. The fraction of sp³-hybridized carbons (Fsp3) is 0.714. The van der Waals surface area contributed by atoms with E-state index in [0.29, 0.717) is 0 Å². The second kappa shape index (κ2) is 5.66. The highest BCUT2D eigenvalue weighted by molar-refractivity contribution is 7.93. The number of methoxy groups -OCH3 is 2. The van der Waals surface area contributed by atoms with E-state index in [4.69, 9.17) is 5.11 Å². The second-order valence-electron chi connectivity index (χ2n) is 2.67. The fourth-order valence-electron chi connectivity index (χ4n) is 0.804. The van der Waals surface area contributed by atoms with Crippen molar-refractivity contribution in [2.24, 2.45) is 0 Å². The molecule has 0 aliphatic heterocycles. The van der Waals surface area contributed by atoms with Crippen molar-refractivity contribution in [3.8, 4) is 0 Å². The Hall–Kier alpha value is -1.15. The van der Waals surface area contributed by atoms with Crippen LogP contribution in [0.15, 0.2) is 0 Å². The van der Waals surface area contributed by atoms with Gasteiger partial charge in [-0.1, -0.05) is 0 Å². The van der Waals surface area contributed by atoms with Crippen LogP contribution in [0.2, 0.25) is 0 Å². The van der Waals surface area contributed by atoms with Gasteiger partial charge < -0.3 is 14.6 Å². The number of hydrogen-bond donors (Lipinski definition) is 1. The zero-order chi connectivity index (χ0) is 12.1. The molecule has 1 atom stereocenters. The van der Waals surface area contributed by atoms with E-state index in [1.807, 2.05) is 0 Å². The maximum absolute atomic E-state index is 11.4. The summed E-state index contributed by atoms with van der Waals surface area (Å²) >= 11 is 0. The van der Waals surface area contributed by atoms with Crippen molar-refractivity contribution < 1.29 is 32.6 Å². The van der Waals surface area contributed by atoms with Crippen molar-refractivity contribution in [2.45, 2.75) is 5.25 Å². The molecule has 0 amide bonds. The molecule has 0 spiro atoms. The minimum Gasteiger partial charge on any atom is -0.480 e. The van der Waals surface area contributed by atoms with Crippen LogP contribution in [0.4, 0.5) is 0 Å². The summed E-state index contributed by atoms with van der Waals surface area (Å²) in [6.45, 7) is -0.505. The van der Waals surface area contributed by atoms with Gasteiger partial charge in [-0.15, -0.1) is 0 Å². The number of aliphatic carboxylic acids is 1. The monoisotopic (exact) mass is 240 g/mol. The van der Waals surface area contributed by atoms with E-state index in [2.05, 4.69) is 9.47 Å². The van der Waals surface area contributed by atoms with E-state index in [1.165, 1.54) is 7.11 Å². The van der Waals surface area contributed by atoms with Gasteiger partial charge in [0.15, 0.2) is 15.1 Å². The van der Waals surface area contributed by atoms with E-state index in [-0.39, 0.29) is 0 Å². The lowest BCUT2D eigenvalue weighted by Crippen LogP contribution is -2.38. The van der Waals surface area contributed by atoms with Gasteiger partial charge in [-0.3, -0.25) is 9.59 Å². The van der Waals surface area contributed by atoms with Gasteiger partial charge in [0.2, 0.25) is 0 Å². The maximum Gasteiger partial charge on any atom is 0.324 e. The molecule has 0 aliphatic rings. The van der Waals surface area contributed by atoms with Crippen LogP contribution in [0.1, 0.15) is 0 Å². The Bertz CT molecular complexity index is 331. The Kier molecular flexibility index (Phi) is 5.23. The molecule has 0 radical (unpaired) electrons. The molecule has 0 aromatic heterocycles. The summed E-state index contributed by atoms with van der Waals surface area (Å²) in [4.78, 5) is 21.3. The number of carboxylic acids is 1. The Labute approximate surface area is 86.9 Å². The van der Waals surface area contributed by atoms with Crippen LogP contribution >= 0.6 is 0 Å². The summed E-state index contributed by atoms with van der Waals surface area (Å²) in [6, 6.07) is 0. The molecule has 0 fully saturated rings. The first kappa shape index (κ1) is 13.8. The molecule has 0 heterocycles. The quantitative estimate of drug-likeness (QED) is 0.573. The Morgan fingerprint density at radius 1 is 1.33 bits per heavy atom. The Morgan fingerprint density at radius 3 is 2.20 bits per heavy atom. The van der Waals surface area contributed by atoms with Gasteiger partial charge in [0.1, 0.15) is 5.75 Å². The average Bonchev–Trinajstić information content (AvgIpc) is 2.12. The molecule has 0 saturated carbocycles. The predicted molar refractivity (Wildman–Crippen MR) is 49.1 cm³/mol. The van der Waals surface area contributed by atoms with Crippen molar-refractivity contribution in [3.63, 3.8) is 0 Å². The summed E-state index contributed by atoms with van der Waals surface area (Å²) in [7, 11) is -1.91. The number of carbonyl (C=O) groups is 2. The van der Waals surface area contributed by atoms with E-state index in [0.717, 1.165) is 7.11 Å². The highest BCUT2D eigenvalue weighted by Crippen LogP contribution is 2.04. The van der Waals surface area contributed by atoms with E-state index >= 15 is 0 Å². The van der Waals surface area contributed by atoms with Crippen molar-refractivity contribution in [1.82, 2.24) is 0 Å². The molecule has 88 valence electrons. The summed E-state index contributed by atoms with van der Waals surface area (Å²) < 4.78 is 31.3. The lowest BCUT2D eigenvalue weighted by atomic mass is 10.5. The van der Waals surface area contributed by atoms with E-state index in [1.54, 1.807) is 0 Å². The first-order valence-electron chi connectivity index (χ1n) is 3.85. The van der Waals surface area contributed by atoms with Gasteiger partial charge in [0, 0.05) is 7.11 Å². The highest BCUT2D eigenvalue weighted by atomic mass is 32.2. The van der Waals surface area contributed by atoms with E-state index in [9.17, 15) is 18.0 Å². The molecule has 7 nitrogen and oxygen atoms in total. The first-order chi connectivity index (χ1) is 6.85. The highest BCUT2D eigenvalue weighted by Gasteiger charge is 2.34. The van der Waals surface area contributed by atoms with Crippen LogP contribution < -0.4 is 0 Å². The lowest BCUT2D eigenvalue weighted by molar-refractivity contribution is -0.137. The van der Waals surface area contributed by atoms with Gasteiger partial charge in [-0.05, 0) is 0 Å². The number of carboxylic acid groups (broad SMARTS) is 1. The number of ether oxygens (including phenoxy) is 2. The SMILES string of the molecule is COCC(C(=O)O)S(=O)(=O)CC(=O)OC. The molecular weight excluding hydrogens is 228 g/mol. The van der Waals surface area contributed by atoms with Crippen LogP contribution in [0.5, 0.6) is 0 Å². The summed E-state index contributed by atoms with van der Waals surface area (Å²) in [5, 5.41) is 6.87. The molecule has 1 N–H and O–H groups in total. The number of rotatable bonds is 6. The molecule has 0 saturated heterocycles. The summed E-state index contributed by atoms with van der Waals surface area (Å²) in [6.07, 6.45) is 0. The topological polar surface area (TPSA) is 107 Å². The molecule has 0 rings (SSSR count). The van der Waals surface area contributed by atoms with Crippen molar-refractivity contribution in [2.75, 3.05) is 26.6 Å². The standard InChI is InChI=1S/C7H12O7S/c1-13-3-5(7(9)10)15(11,12)4-6(8)14-2/h5H,3-4H2,1-2H3,(H,9,10). The van der Waals surface area contributed by atoms with Crippen molar-refractivity contribution >= 4 is 21.8 Å². The van der Waals surface area contributed by atoms with E-state index < -0.39 is 39.4 Å². The maximum atomic E-state index is 11.4. The molecule has 1 unspecified atom stereocenters. The van der Waals surface area contributed by atoms with Crippen molar-refractivity contribution in [1.29, 1.82) is 0 Å². The van der Waals surface area contributed by atoms with Crippen LogP contribution in [-0.2, 0) is 28.9 Å². The van der Waals surface area contributed by atoms with Crippen molar-refractivity contribution in [3.05, 3.63) is 0 Å². The predicted octanol–water partition coefficient (Wildman–Crippen LogP) is -1.33. The third-order valence-corrected chi connectivity index (χ3v) is 3.42. The smallest absolute Gasteiger partial charge is 0.324 e. The zero-order valence-corrected chi connectivity index (χ0v) is 9.11. The molecule has 8 heteroatoms. The van der Waals surface area contributed by atoms with Gasteiger partial charge in [-0.2, -0.15) is 0 Å². The van der Waals surface area contributed by atoms with Crippen LogP contribution in [0.3, 0.4) is 0 Å². The number of hydrogen-bond acceptors (Lipinski definition) is 6. The third kappa shape index (κ3) is 4.26. The summed E-state index contributed by atoms with van der Waals surface area (Å²) in [5.41, 5.74) is 0. The van der Waals surface area contributed by atoms with Crippen LogP contribution in [0.25, 0.3) is 0 Å². The summed E-state index contributed by atoms with van der Waals surface area (Å²) in [5.74, 6) is -3.53. The van der Waals surface area contributed by atoms with Gasteiger partial charge in [0.25, 0.3) is 0 Å². The number of sulfone groups is 1. The Morgan fingerprint density at radius 2 is 1.87 bits per heavy atom. The largest absolute Gasteiger partial charge is 0.480 e. The number of esters is 1. The fourth-order valence-corrected chi connectivity index (χ4v) is 2.10. The Balaban J connectivity index is 4.80. The molecular formula is C7H12O7S. The minimum absolute atomic E-state index is 0.505. The molecule has 15 heavy (non-hydrogen) atoms. The van der Waals surface area contributed by atoms with Gasteiger partial charge in [-0.25, -0.2) is 8.42 Å². The van der Waals surface area contributed by atoms with Gasteiger partial charge >= 0.3 is 11.9 Å². The second-order valence-corrected chi connectivity index (χ2v) is 4.85. The molecule has 0 aromatic rings. The molecule has 0 aromatic carbocycles. The normalized spacial score (nSPS) is 13.2. The van der Waals surface area contributed by atoms with Crippen LogP contribution in [-0.4, -0.2) is 57.3 Å². The minimum atomic E-state index is -4.09.